The van der Waals surface area contributed by atoms with Crippen molar-refractivity contribution < 1.29 is 4.79 Å². The zero-order valence-corrected chi connectivity index (χ0v) is 11.6. The lowest BCUT2D eigenvalue weighted by atomic mass is 10.3. The summed E-state index contributed by atoms with van der Waals surface area (Å²) in [6.45, 7) is 3.19. The number of aromatic nitrogens is 3. The molecule has 0 spiro atoms. The summed E-state index contributed by atoms with van der Waals surface area (Å²) in [5, 5.41) is 5.61. The number of anilines is 1. The topological polar surface area (TPSA) is 71.0 Å². The maximum Gasteiger partial charge on any atom is 0.273 e. The highest BCUT2D eigenvalue weighted by molar-refractivity contribution is 7.13. The van der Waals surface area contributed by atoms with Crippen molar-refractivity contribution in [3.05, 3.63) is 35.4 Å². The molecule has 2 aromatic rings. The third kappa shape index (κ3) is 3.47. The molecule has 19 heavy (non-hydrogen) atoms. The standard InChI is InChI=1S/C12H15N5OS/c1-3-14-12-16-10(8-19-12)11(18)17(2)7-9-6-13-4-5-15-9/h4-6,8H,3,7H2,1-2H3,(H,14,16). The second kappa shape index (κ2) is 6.24. The highest BCUT2D eigenvalue weighted by Gasteiger charge is 2.16. The maximum atomic E-state index is 12.2. The minimum absolute atomic E-state index is 0.119. The van der Waals surface area contributed by atoms with Crippen molar-refractivity contribution in [3.8, 4) is 0 Å². The van der Waals surface area contributed by atoms with Crippen LogP contribution in [0.4, 0.5) is 5.13 Å². The Balaban J connectivity index is 2.02. The van der Waals surface area contributed by atoms with E-state index in [4.69, 9.17) is 0 Å². The fourth-order valence-electron chi connectivity index (χ4n) is 1.53. The van der Waals surface area contributed by atoms with E-state index in [0.717, 1.165) is 17.4 Å². The van der Waals surface area contributed by atoms with Crippen LogP contribution in [0, 0.1) is 0 Å². The molecule has 0 aromatic carbocycles. The maximum absolute atomic E-state index is 12.2. The molecular formula is C12H15N5OS. The van der Waals surface area contributed by atoms with Gasteiger partial charge >= 0.3 is 0 Å². The molecule has 0 aliphatic heterocycles. The van der Waals surface area contributed by atoms with Crippen LogP contribution in [-0.2, 0) is 6.54 Å². The van der Waals surface area contributed by atoms with Crippen LogP contribution in [0.1, 0.15) is 23.1 Å². The van der Waals surface area contributed by atoms with Crippen molar-refractivity contribution in [2.45, 2.75) is 13.5 Å². The molecule has 2 rings (SSSR count). The molecule has 0 aliphatic carbocycles. The number of hydrogen-bond donors (Lipinski definition) is 1. The largest absolute Gasteiger partial charge is 0.362 e. The van der Waals surface area contributed by atoms with Gasteiger partial charge in [-0.05, 0) is 6.92 Å². The Morgan fingerprint density at radius 2 is 2.32 bits per heavy atom. The van der Waals surface area contributed by atoms with Gasteiger partial charge in [0.15, 0.2) is 5.13 Å². The molecule has 0 unspecified atom stereocenters. The normalized spacial score (nSPS) is 10.2. The van der Waals surface area contributed by atoms with E-state index in [2.05, 4.69) is 20.3 Å². The van der Waals surface area contributed by atoms with E-state index in [-0.39, 0.29) is 5.91 Å². The summed E-state index contributed by atoms with van der Waals surface area (Å²) in [6, 6.07) is 0. The average molecular weight is 277 g/mol. The van der Waals surface area contributed by atoms with Gasteiger partial charge < -0.3 is 10.2 Å². The van der Waals surface area contributed by atoms with Gasteiger partial charge in [0.05, 0.1) is 18.4 Å². The first-order chi connectivity index (χ1) is 9.20. The van der Waals surface area contributed by atoms with Crippen molar-refractivity contribution in [1.29, 1.82) is 0 Å². The van der Waals surface area contributed by atoms with Gasteiger partial charge in [-0.25, -0.2) is 4.98 Å². The molecule has 6 nitrogen and oxygen atoms in total. The number of carbonyl (C=O) groups is 1. The van der Waals surface area contributed by atoms with Crippen LogP contribution in [0.2, 0.25) is 0 Å². The summed E-state index contributed by atoms with van der Waals surface area (Å²) in [4.78, 5) is 26.1. The molecule has 0 atom stereocenters. The zero-order chi connectivity index (χ0) is 13.7. The fraction of sp³-hybridized carbons (Fsp3) is 0.333. The van der Waals surface area contributed by atoms with Gasteiger partial charge in [-0.15, -0.1) is 11.3 Å². The predicted octanol–water partition coefficient (Wildman–Crippen LogP) is 1.64. The van der Waals surface area contributed by atoms with Crippen molar-refractivity contribution in [3.63, 3.8) is 0 Å². The number of thiazole rings is 1. The molecular weight excluding hydrogens is 262 g/mol. The molecule has 0 aliphatic rings. The Bertz CT molecular complexity index is 542. The second-order valence-corrected chi connectivity index (χ2v) is 4.78. The summed E-state index contributed by atoms with van der Waals surface area (Å²) in [6.07, 6.45) is 4.86. The number of hydrogen-bond acceptors (Lipinski definition) is 6. The number of nitrogens with zero attached hydrogens (tertiary/aromatic N) is 4. The summed E-state index contributed by atoms with van der Waals surface area (Å²) in [5.74, 6) is -0.119. The first-order valence-electron chi connectivity index (χ1n) is 5.90. The van der Waals surface area contributed by atoms with Gasteiger partial charge in [-0.3, -0.25) is 14.8 Å². The zero-order valence-electron chi connectivity index (χ0n) is 10.8. The number of nitrogens with one attached hydrogen (secondary N) is 1. The van der Waals surface area contributed by atoms with E-state index in [1.165, 1.54) is 11.3 Å². The lowest BCUT2D eigenvalue weighted by Crippen LogP contribution is -2.27. The van der Waals surface area contributed by atoms with Gasteiger partial charge in [0, 0.05) is 31.4 Å². The van der Waals surface area contributed by atoms with Crippen LogP contribution in [0.5, 0.6) is 0 Å². The molecule has 0 bridgehead atoms. The highest BCUT2D eigenvalue weighted by atomic mass is 32.1. The summed E-state index contributed by atoms with van der Waals surface area (Å²) < 4.78 is 0. The Labute approximate surface area is 115 Å². The molecule has 7 heteroatoms. The quantitative estimate of drug-likeness (QED) is 0.899. The number of rotatable bonds is 5. The van der Waals surface area contributed by atoms with Crippen molar-refractivity contribution >= 4 is 22.4 Å². The Morgan fingerprint density at radius 3 is 3.00 bits per heavy atom. The third-order valence-electron chi connectivity index (χ3n) is 2.41. The lowest BCUT2D eigenvalue weighted by molar-refractivity contribution is 0.0778. The highest BCUT2D eigenvalue weighted by Crippen LogP contribution is 2.16. The third-order valence-corrected chi connectivity index (χ3v) is 3.21. The van der Waals surface area contributed by atoms with E-state index in [0.29, 0.717) is 12.2 Å². The minimum atomic E-state index is -0.119. The smallest absolute Gasteiger partial charge is 0.273 e. The van der Waals surface area contributed by atoms with E-state index in [1.807, 2.05) is 6.92 Å². The summed E-state index contributed by atoms with van der Waals surface area (Å²) in [5.41, 5.74) is 1.20. The van der Waals surface area contributed by atoms with E-state index in [1.54, 1.807) is 35.9 Å². The van der Waals surface area contributed by atoms with Crippen molar-refractivity contribution in [2.75, 3.05) is 18.9 Å². The van der Waals surface area contributed by atoms with Gasteiger partial charge in [-0.2, -0.15) is 0 Å². The minimum Gasteiger partial charge on any atom is -0.362 e. The SMILES string of the molecule is CCNc1nc(C(=O)N(C)Cc2cnccn2)cs1. The molecule has 1 amide bonds. The number of carbonyl (C=O) groups excluding carboxylic acids is 1. The number of amides is 1. The molecule has 2 aromatic heterocycles. The van der Waals surface area contributed by atoms with Gasteiger partial charge in [-0.1, -0.05) is 0 Å². The van der Waals surface area contributed by atoms with Crippen LogP contribution < -0.4 is 5.32 Å². The van der Waals surface area contributed by atoms with Crippen molar-refractivity contribution in [2.24, 2.45) is 0 Å². The monoisotopic (exact) mass is 277 g/mol. The average Bonchev–Trinajstić information content (AvgIpc) is 2.88. The van der Waals surface area contributed by atoms with Gasteiger partial charge in [0.1, 0.15) is 5.69 Å². The summed E-state index contributed by atoms with van der Waals surface area (Å²) in [7, 11) is 1.73. The molecule has 0 fully saturated rings. The second-order valence-electron chi connectivity index (χ2n) is 3.93. The van der Waals surface area contributed by atoms with Crippen LogP contribution >= 0.6 is 11.3 Å². The van der Waals surface area contributed by atoms with Crippen LogP contribution in [-0.4, -0.2) is 39.4 Å². The van der Waals surface area contributed by atoms with Crippen LogP contribution in [0.25, 0.3) is 0 Å². The molecule has 1 N–H and O–H groups in total. The Hall–Kier alpha value is -2.02. The first-order valence-corrected chi connectivity index (χ1v) is 6.78. The van der Waals surface area contributed by atoms with Gasteiger partial charge in [0.25, 0.3) is 5.91 Å². The molecule has 2 heterocycles. The Kier molecular flexibility index (Phi) is 4.40. The molecule has 0 saturated heterocycles. The summed E-state index contributed by atoms with van der Waals surface area (Å²) >= 11 is 1.43. The Morgan fingerprint density at radius 1 is 1.47 bits per heavy atom. The van der Waals surface area contributed by atoms with Gasteiger partial charge in [0.2, 0.25) is 0 Å². The fourth-order valence-corrected chi connectivity index (χ4v) is 2.28. The predicted molar refractivity (Wildman–Crippen MR) is 74.1 cm³/mol. The van der Waals surface area contributed by atoms with Crippen LogP contribution in [0.3, 0.4) is 0 Å². The van der Waals surface area contributed by atoms with E-state index in [9.17, 15) is 4.79 Å². The molecule has 100 valence electrons. The van der Waals surface area contributed by atoms with Crippen LogP contribution in [0.15, 0.2) is 24.0 Å². The van der Waals surface area contributed by atoms with Crippen molar-refractivity contribution in [1.82, 2.24) is 19.9 Å². The lowest BCUT2D eigenvalue weighted by Gasteiger charge is -2.14. The van der Waals surface area contributed by atoms with E-state index < -0.39 is 0 Å². The molecule has 0 saturated carbocycles. The van der Waals surface area contributed by atoms with E-state index >= 15 is 0 Å². The molecule has 0 radical (unpaired) electrons. The first kappa shape index (κ1) is 13.4.